The maximum atomic E-state index is 12.8. The number of hydrogen-bond donors (Lipinski definition) is 0. The minimum absolute atomic E-state index is 0.212. The molecule has 25 heavy (non-hydrogen) atoms. The lowest BCUT2D eigenvalue weighted by molar-refractivity contribution is 0.0730. The smallest absolute Gasteiger partial charge is 0.268 e. The van der Waals surface area contributed by atoms with Gasteiger partial charge in [0.05, 0.1) is 23.0 Å². The molecule has 0 saturated carbocycles. The van der Waals surface area contributed by atoms with Crippen molar-refractivity contribution in [2.45, 2.75) is 11.8 Å². The van der Waals surface area contributed by atoms with E-state index in [4.69, 9.17) is 4.74 Å². The van der Waals surface area contributed by atoms with Crippen molar-refractivity contribution in [3.05, 3.63) is 46.2 Å². The zero-order valence-corrected chi connectivity index (χ0v) is 15.8. The first-order chi connectivity index (χ1) is 11.9. The third-order valence-electron chi connectivity index (χ3n) is 4.12. The highest BCUT2D eigenvalue weighted by Crippen LogP contribution is 2.30. The first-order valence-electron chi connectivity index (χ1n) is 7.92. The van der Waals surface area contributed by atoms with E-state index < -0.39 is 10.0 Å². The van der Waals surface area contributed by atoms with Gasteiger partial charge in [0.1, 0.15) is 0 Å². The number of carbonyl (C=O) groups is 1. The maximum absolute atomic E-state index is 12.8. The third kappa shape index (κ3) is 3.62. The Morgan fingerprint density at radius 2 is 1.84 bits per heavy atom. The first kappa shape index (κ1) is 18.1. The summed E-state index contributed by atoms with van der Waals surface area (Å²) in [6, 6.07) is 10.8. The lowest BCUT2D eigenvalue weighted by Crippen LogP contribution is -2.40. The summed E-state index contributed by atoms with van der Waals surface area (Å²) in [5.41, 5.74) is 0.760. The summed E-state index contributed by atoms with van der Waals surface area (Å²) >= 11 is 1.21. The van der Waals surface area contributed by atoms with Crippen LogP contribution in [-0.2, 0) is 14.8 Å². The Hall–Kier alpha value is -1.74. The molecule has 0 radical (unpaired) electrons. The van der Waals surface area contributed by atoms with Crippen LogP contribution in [0.2, 0.25) is 0 Å². The van der Waals surface area contributed by atoms with Crippen molar-refractivity contribution < 1.29 is 17.9 Å². The SMILES string of the molecule is Cc1sc(C(=O)N(C)c2ccccc2)cc1S(=O)(=O)N1CCOCC1. The molecule has 0 unspecified atom stereocenters. The van der Waals surface area contributed by atoms with Gasteiger partial charge < -0.3 is 9.64 Å². The third-order valence-corrected chi connectivity index (χ3v) is 7.31. The van der Waals surface area contributed by atoms with Gasteiger partial charge in [-0.25, -0.2) is 8.42 Å². The van der Waals surface area contributed by atoms with Gasteiger partial charge in [-0.3, -0.25) is 4.79 Å². The summed E-state index contributed by atoms with van der Waals surface area (Å²) in [5, 5.41) is 0. The van der Waals surface area contributed by atoms with Gasteiger partial charge in [-0.2, -0.15) is 4.31 Å². The number of para-hydroxylation sites is 1. The van der Waals surface area contributed by atoms with Crippen molar-refractivity contribution in [1.29, 1.82) is 0 Å². The fourth-order valence-electron chi connectivity index (χ4n) is 2.69. The number of amides is 1. The molecule has 8 heteroatoms. The van der Waals surface area contributed by atoms with E-state index in [1.54, 1.807) is 14.0 Å². The minimum atomic E-state index is -3.60. The van der Waals surface area contributed by atoms with E-state index in [1.807, 2.05) is 30.3 Å². The van der Waals surface area contributed by atoms with Gasteiger partial charge in [-0.15, -0.1) is 11.3 Å². The molecule has 1 aromatic carbocycles. The number of carbonyl (C=O) groups excluding carboxylic acids is 1. The average Bonchev–Trinajstić information content (AvgIpc) is 3.04. The standard InChI is InChI=1S/C17H20N2O4S2/c1-13-16(25(21,22)19-8-10-23-11-9-19)12-15(24-13)17(20)18(2)14-6-4-3-5-7-14/h3-7,12H,8-11H2,1-2H3. The van der Waals surface area contributed by atoms with Gasteiger partial charge in [-0.05, 0) is 25.1 Å². The van der Waals surface area contributed by atoms with E-state index in [2.05, 4.69) is 0 Å². The molecule has 134 valence electrons. The number of benzene rings is 1. The van der Waals surface area contributed by atoms with E-state index in [0.29, 0.717) is 36.1 Å². The Morgan fingerprint density at radius 1 is 1.20 bits per heavy atom. The molecule has 6 nitrogen and oxygen atoms in total. The van der Waals surface area contributed by atoms with Crippen molar-refractivity contribution in [3.8, 4) is 0 Å². The molecule has 0 aliphatic carbocycles. The molecule has 3 rings (SSSR count). The van der Waals surface area contributed by atoms with Gasteiger partial charge in [0.25, 0.3) is 5.91 Å². The van der Waals surface area contributed by atoms with Crippen molar-refractivity contribution in [3.63, 3.8) is 0 Å². The van der Waals surface area contributed by atoms with Crippen LogP contribution in [0.25, 0.3) is 0 Å². The second-order valence-electron chi connectivity index (χ2n) is 5.75. The van der Waals surface area contributed by atoms with Crippen LogP contribution < -0.4 is 4.90 Å². The Labute approximate surface area is 151 Å². The zero-order valence-electron chi connectivity index (χ0n) is 14.1. The molecule has 1 fully saturated rings. The second-order valence-corrected chi connectivity index (χ2v) is 8.91. The number of ether oxygens (including phenoxy) is 1. The van der Waals surface area contributed by atoms with Gasteiger partial charge in [-0.1, -0.05) is 18.2 Å². The molecule has 1 aliphatic heterocycles. The molecule has 0 spiro atoms. The van der Waals surface area contributed by atoms with Crippen molar-refractivity contribution in [2.24, 2.45) is 0 Å². The molecule has 0 atom stereocenters. The molecule has 2 heterocycles. The number of nitrogens with zero attached hydrogens (tertiary/aromatic N) is 2. The Kier molecular flexibility index (Phi) is 5.24. The van der Waals surface area contributed by atoms with Crippen molar-refractivity contribution in [2.75, 3.05) is 38.3 Å². The van der Waals surface area contributed by atoms with Crippen molar-refractivity contribution >= 4 is 33.0 Å². The Morgan fingerprint density at radius 3 is 2.48 bits per heavy atom. The summed E-state index contributed by atoms with van der Waals surface area (Å²) in [7, 11) is -1.92. The fourth-order valence-corrected chi connectivity index (χ4v) is 5.63. The zero-order chi connectivity index (χ0) is 18.0. The molecule has 1 aliphatic rings. The highest BCUT2D eigenvalue weighted by molar-refractivity contribution is 7.89. The highest BCUT2D eigenvalue weighted by atomic mass is 32.2. The molecule has 1 aromatic heterocycles. The fraction of sp³-hybridized carbons (Fsp3) is 0.353. The van der Waals surface area contributed by atoms with Gasteiger partial charge in [0, 0.05) is 30.7 Å². The van der Waals surface area contributed by atoms with Crippen LogP contribution >= 0.6 is 11.3 Å². The highest BCUT2D eigenvalue weighted by Gasteiger charge is 2.30. The summed E-state index contributed by atoms with van der Waals surface area (Å²) in [6.07, 6.45) is 0. The molecule has 0 N–H and O–H groups in total. The van der Waals surface area contributed by atoms with E-state index in [-0.39, 0.29) is 10.8 Å². The van der Waals surface area contributed by atoms with Crippen LogP contribution in [0, 0.1) is 6.92 Å². The normalized spacial score (nSPS) is 15.9. The first-order valence-corrected chi connectivity index (χ1v) is 10.2. The topological polar surface area (TPSA) is 66.9 Å². The van der Waals surface area contributed by atoms with E-state index >= 15 is 0 Å². The maximum Gasteiger partial charge on any atom is 0.268 e. The predicted molar refractivity (Wildman–Crippen MR) is 97.8 cm³/mol. The van der Waals surface area contributed by atoms with Gasteiger partial charge in [0.2, 0.25) is 10.0 Å². The number of thiophene rings is 1. The summed E-state index contributed by atoms with van der Waals surface area (Å²) in [4.78, 5) is 15.5. The van der Waals surface area contributed by atoms with E-state index in [1.165, 1.54) is 26.6 Å². The minimum Gasteiger partial charge on any atom is -0.379 e. The molecule has 0 bridgehead atoms. The summed E-state index contributed by atoms with van der Waals surface area (Å²) in [5.74, 6) is -0.220. The molecular weight excluding hydrogens is 360 g/mol. The van der Waals surface area contributed by atoms with E-state index in [0.717, 1.165) is 5.69 Å². The van der Waals surface area contributed by atoms with Crippen molar-refractivity contribution in [1.82, 2.24) is 4.31 Å². The van der Waals surface area contributed by atoms with Gasteiger partial charge >= 0.3 is 0 Å². The number of rotatable bonds is 4. The molecule has 1 saturated heterocycles. The van der Waals surface area contributed by atoms with Crippen LogP contribution in [0.15, 0.2) is 41.3 Å². The molecule has 1 amide bonds. The monoisotopic (exact) mass is 380 g/mol. The number of aryl methyl sites for hydroxylation is 1. The number of hydrogen-bond acceptors (Lipinski definition) is 5. The predicted octanol–water partition coefficient (Wildman–Crippen LogP) is 2.35. The summed E-state index contributed by atoms with van der Waals surface area (Å²) < 4.78 is 32.3. The number of anilines is 1. The lowest BCUT2D eigenvalue weighted by Gasteiger charge is -2.25. The molecular formula is C17H20N2O4S2. The summed E-state index contributed by atoms with van der Waals surface area (Å²) in [6.45, 7) is 3.20. The quantitative estimate of drug-likeness (QED) is 0.817. The second kappa shape index (κ2) is 7.25. The molecule has 2 aromatic rings. The number of morpholine rings is 1. The Bertz CT molecular complexity index is 856. The van der Waals surface area contributed by atoms with Crippen LogP contribution in [0.3, 0.4) is 0 Å². The van der Waals surface area contributed by atoms with Crippen LogP contribution in [0.1, 0.15) is 14.5 Å². The largest absolute Gasteiger partial charge is 0.379 e. The average molecular weight is 380 g/mol. The van der Waals surface area contributed by atoms with E-state index in [9.17, 15) is 13.2 Å². The van der Waals surface area contributed by atoms with Crippen LogP contribution in [0.5, 0.6) is 0 Å². The lowest BCUT2D eigenvalue weighted by atomic mass is 10.3. The van der Waals surface area contributed by atoms with Crippen LogP contribution in [-0.4, -0.2) is 52.0 Å². The van der Waals surface area contributed by atoms with Crippen LogP contribution in [0.4, 0.5) is 5.69 Å². The number of sulfonamides is 1. The van der Waals surface area contributed by atoms with Gasteiger partial charge in [0.15, 0.2) is 0 Å². The Balaban J connectivity index is 1.88.